The number of para-hydroxylation sites is 2. The van der Waals surface area contributed by atoms with Crippen molar-refractivity contribution in [2.24, 2.45) is 0 Å². The molecule has 0 aliphatic rings. The van der Waals surface area contributed by atoms with Gasteiger partial charge in [0.2, 0.25) is 11.8 Å². The highest BCUT2D eigenvalue weighted by molar-refractivity contribution is 7.92. The Kier molecular flexibility index (Phi) is 12.7. The summed E-state index contributed by atoms with van der Waals surface area (Å²) in [6.07, 6.45) is 2.03. The molecule has 3 aromatic rings. The molecule has 0 bridgehead atoms. The topological polar surface area (TPSA) is 105 Å². The van der Waals surface area contributed by atoms with Crippen LogP contribution < -0.4 is 19.1 Å². The Balaban J connectivity index is 2.09. The van der Waals surface area contributed by atoms with E-state index < -0.39 is 28.5 Å². The lowest BCUT2D eigenvalue weighted by molar-refractivity contribution is -0.140. The van der Waals surface area contributed by atoms with E-state index in [1.165, 1.54) is 29.2 Å². The molecule has 9 nitrogen and oxygen atoms in total. The summed E-state index contributed by atoms with van der Waals surface area (Å²) in [6, 6.07) is 18.8. The number of amides is 2. The minimum Gasteiger partial charge on any atom is -0.497 e. The number of carbonyl (C=O) groups is 2. The number of methoxy groups -OCH3 is 1. The van der Waals surface area contributed by atoms with Crippen molar-refractivity contribution in [3.8, 4) is 11.5 Å². The van der Waals surface area contributed by atoms with Crippen LogP contribution in [0, 0.1) is 0 Å². The average molecular weight is 630 g/mol. The molecule has 0 unspecified atom stereocenters. The quantitative estimate of drug-likeness (QED) is 0.205. The fourth-order valence-corrected chi connectivity index (χ4v) is 6.13. The number of hydrogen-bond acceptors (Lipinski definition) is 6. The van der Waals surface area contributed by atoms with E-state index in [9.17, 15) is 18.0 Å². The molecule has 3 rings (SSSR count). The second-order valence-corrected chi connectivity index (χ2v) is 12.1. The van der Waals surface area contributed by atoms with Crippen molar-refractivity contribution in [2.75, 3.05) is 31.1 Å². The normalized spacial score (nSPS) is 11.8. The predicted octanol–water partition coefficient (Wildman–Crippen LogP) is 5.67. The lowest BCUT2D eigenvalue weighted by Gasteiger charge is -2.33. The van der Waals surface area contributed by atoms with E-state index in [1.807, 2.05) is 19.9 Å². The third-order valence-electron chi connectivity index (χ3n) is 6.82. The molecule has 3 aromatic carbocycles. The Morgan fingerprint density at radius 2 is 1.70 bits per heavy atom. The molecule has 0 saturated carbocycles. The molecule has 0 saturated heterocycles. The molecule has 1 N–H and O–H groups in total. The van der Waals surface area contributed by atoms with Gasteiger partial charge in [0, 0.05) is 18.1 Å². The number of anilines is 1. The second kappa shape index (κ2) is 16.2. The highest BCUT2D eigenvalue weighted by Gasteiger charge is 2.34. The molecule has 11 heteroatoms. The number of unbranched alkanes of at least 4 members (excludes halogenated alkanes) is 1. The number of nitrogens with one attached hydrogen (secondary N) is 1. The highest BCUT2D eigenvalue weighted by atomic mass is 35.5. The third kappa shape index (κ3) is 8.87. The zero-order valence-electron chi connectivity index (χ0n) is 25.1. The van der Waals surface area contributed by atoms with Gasteiger partial charge >= 0.3 is 0 Å². The van der Waals surface area contributed by atoms with E-state index in [0.29, 0.717) is 29.5 Å². The summed E-state index contributed by atoms with van der Waals surface area (Å²) < 4.78 is 40.4. The number of carbonyl (C=O) groups excluding carboxylic acids is 2. The van der Waals surface area contributed by atoms with Crippen LogP contribution in [0.3, 0.4) is 0 Å². The maximum absolute atomic E-state index is 14.3. The van der Waals surface area contributed by atoms with Gasteiger partial charge < -0.3 is 19.7 Å². The summed E-state index contributed by atoms with van der Waals surface area (Å²) in [5.74, 6) is 0.0557. The summed E-state index contributed by atoms with van der Waals surface area (Å²) in [6.45, 7) is 5.90. The van der Waals surface area contributed by atoms with Crippen molar-refractivity contribution in [3.63, 3.8) is 0 Å². The standard InChI is InChI=1S/C32H40ClN3O6S/c1-5-8-20-34-32(38)28(6-2)35(22-24-12-11-13-26(21-24)41-4)31(37)23-36(29-14-9-10-15-30(29)42-7-3)43(39,40)27-18-16-25(33)17-19-27/h9-19,21,28H,5-8,20,22-23H2,1-4H3,(H,34,38)/t28-/m0/s1. The molecule has 0 fully saturated rings. The zero-order valence-corrected chi connectivity index (χ0v) is 26.7. The fraction of sp³-hybridized carbons (Fsp3) is 0.375. The Labute approximate surface area is 259 Å². The van der Waals surface area contributed by atoms with E-state index in [0.717, 1.165) is 22.7 Å². The third-order valence-corrected chi connectivity index (χ3v) is 8.84. The van der Waals surface area contributed by atoms with Gasteiger partial charge in [0.15, 0.2) is 0 Å². The zero-order chi connectivity index (χ0) is 31.4. The van der Waals surface area contributed by atoms with Crippen LogP contribution in [0.1, 0.15) is 45.6 Å². The van der Waals surface area contributed by atoms with Crippen molar-refractivity contribution in [1.82, 2.24) is 10.2 Å². The summed E-state index contributed by atoms with van der Waals surface area (Å²) >= 11 is 6.04. The van der Waals surface area contributed by atoms with Gasteiger partial charge in [-0.15, -0.1) is 0 Å². The molecule has 0 spiro atoms. The molecule has 2 amide bonds. The first-order chi connectivity index (χ1) is 20.7. The summed E-state index contributed by atoms with van der Waals surface area (Å²) in [7, 11) is -2.72. The van der Waals surface area contributed by atoms with Crippen LogP contribution in [0.5, 0.6) is 11.5 Å². The van der Waals surface area contributed by atoms with E-state index in [-0.39, 0.29) is 29.6 Å². The molecule has 0 aliphatic carbocycles. The summed E-state index contributed by atoms with van der Waals surface area (Å²) in [5.41, 5.74) is 0.934. The van der Waals surface area contributed by atoms with Crippen LogP contribution in [0.15, 0.2) is 77.7 Å². The molecule has 1 atom stereocenters. The summed E-state index contributed by atoms with van der Waals surface area (Å²) in [4.78, 5) is 29.0. The van der Waals surface area contributed by atoms with Crippen LogP contribution in [-0.2, 0) is 26.2 Å². The lowest BCUT2D eigenvalue weighted by Crippen LogP contribution is -2.52. The molecule has 232 valence electrons. The number of halogens is 1. The van der Waals surface area contributed by atoms with Gasteiger partial charge in [-0.2, -0.15) is 0 Å². The maximum atomic E-state index is 14.3. The van der Waals surface area contributed by atoms with Gasteiger partial charge in [-0.05, 0) is 73.9 Å². The number of rotatable bonds is 16. The van der Waals surface area contributed by atoms with Gasteiger partial charge in [0.25, 0.3) is 10.0 Å². The van der Waals surface area contributed by atoms with Crippen molar-refractivity contribution in [3.05, 3.63) is 83.4 Å². The van der Waals surface area contributed by atoms with Crippen molar-refractivity contribution >= 4 is 39.1 Å². The van der Waals surface area contributed by atoms with Crippen LogP contribution in [0.25, 0.3) is 0 Å². The van der Waals surface area contributed by atoms with Crippen LogP contribution in [-0.4, -0.2) is 58.0 Å². The molecule has 0 heterocycles. The van der Waals surface area contributed by atoms with E-state index >= 15 is 0 Å². The smallest absolute Gasteiger partial charge is 0.264 e. The Morgan fingerprint density at radius 1 is 0.977 bits per heavy atom. The summed E-state index contributed by atoms with van der Waals surface area (Å²) in [5, 5.41) is 3.30. The number of hydrogen-bond donors (Lipinski definition) is 1. The van der Waals surface area contributed by atoms with E-state index in [4.69, 9.17) is 21.1 Å². The molecule has 0 aliphatic heterocycles. The number of benzene rings is 3. The minimum atomic E-state index is -4.27. The monoisotopic (exact) mass is 629 g/mol. The van der Waals surface area contributed by atoms with Gasteiger partial charge in [-0.25, -0.2) is 8.42 Å². The van der Waals surface area contributed by atoms with Gasteiger partial charge in [-0.1, -0.05) is 56.1 Å². The molecule has 0 radical (unpaired) electrons. The SMILES string of the molecule is CCCCNC(=O)[C@H](CC)N(Cc1cccc(OC)c1)C(=O)CN(c1ccccc1OCC)S(=O)(=O)c1ccc(Cl)cc1. The van der Waals surface area contributed by atoms with E-state index in [1.54, 1.807) is 56.5 Å². The largest absolute Gasteiger partial charge is 0.497 e. The van der Waals surface area contributed by atoms with Crippen LogP contribution >= 0.6 is 11.6 Å². The Hall–Kier alpha value is -3.76. The first kappa shape index (κ1) is 33.7. The first-order valence-corrected chi connectivity index (χ1v) is 16.2. The van der Waals surface area contributed by atoms with Gasteiger partial charge in [0.1, 0.15) is 24.1 Å². The van der Waals surface area contributed by atoms with E-state index in [2.05, 4.69) is 5.32 Å². The number of ether oxygens (including phenoxy) is 2. The first-order valence-electron chi connectivity index (χ1n) is 14.4. The number of sulfonamides is 1. The van der Waals surface area contributed by atoms with Gasteiger partial charge in [0.05, 0.1) is 24.3 Å². The maximum Gasteiger partial charge on any atom is 0.264 e. The van der Waals surface area contributed by atoms with Crippen molar-refractivity contribution < 1.29 is 27.5 Å². The average Bonchev–Trinajstić information content (AvgIpc) is 3.00. The Morgan fingerprint density at radius 3 is 2.35 bits per heavy atom. The van der Waals surface area contributed by atoms with Crippen LogP contribution in [0.4, 0.5) is 5.69 Å². The highest BCUT2D eigenvalue weighted by Crippen LogP contribution is 2.33. The number of nitrogens with zero attached hydrogens (tertiary/aromatic N) is 2. The fourth-order valence-electron chi connectivity index (χ4n) is 4.58. The molecule has 0 aromatic heterocycles. The Bertz CT molecular complexity index is 1470. The molecule has 43 heavy (non-hydrogen) atoms. The van der Waals surface area contributed by atoms with Crippen molar-refractivity contribution in [2.45, 2.75) is 57.5 Å². The van der Waals surface area contributed by atoms with Gasteiger partial charge in [-0.3, -0.25) is 13.9 Å². The molecular formula is C32H40ClN3O6S. The minimum absolute atomic E-state index is 0.0419. The second-order valence-electron chi connectivity index (χ2n) is 9.81. The van der Waals surface area contributed by atoms with Crippen molar-refractivity contribution in [1.29, 1.82) is 0 Å². The predicted molar refractivity (Wildman–Crippen MR) is 169 cm³/mol. The molecular weight excluding hydrogens is 590 g/mol. The van der Waals surface area contributed by atoms with Crippen LogP contribution in [0.2, 0.25) is 5.02 Å². The lowest BCUT2D eigenvalue weighted by atomic mass is 10.1.